The van der Waals surface area contributed by atoms with Crippen LogP contribution in [-0.4, -0.2) is 27.8 Å². The minimum Gasteiger partial charge on any atom is -0.465 e. The number of methoxy groups -OCH3 is 1. The first kappa shape index (κ1) is 14.7. The van der Waals surface area contributed by atoms with Gasteiger partial charge in [-0.15, -0.1) is 0 Å². The quantitative estimate of drug-likeness (QED) is 0.735. The zero-order valence-electron chi connectivity index (χ0n) is 13.3. The number of hydrogen-bond acceptors (Lipinski definition) is 4. The van der Waals surface area contributed by atoms with E-state index in [-0.39, 0.29) is 11.6 Å². The number of ether oxygens (including phenoxy) is 1. The molecule has 1 aliphatic carbocycles. The number of benzene rings is 1. The largest absolute Gasteiger partial charge is 0.465 e. The van der Waals surface area contributed by atoms with E-state index in [0.717, 1.165) is 19.3 Å². The fourth-order valence-corrected chi connectivity index (χ4v) is 3.53. The van der Waals surface area contributed by atoms with E-state index in [1.807, 2.05) is 16.7 Å². The number of aromatic nitrogens is 3. The van der Waals surface area contributed by atoms with Gasteiger partial charge in [0, 0.05) is 12.4 Å². The molecule has 0 radical (unpaired) electrons. The second-order valence-corrected chi connectivity index (χ2v) is 6.03. The highest BCUT2D eigenvalue weighted by Crippen LogP contribution is 2.34. The average Bonchev–Trinajstić information content (AvgIpc) is 3.01. The molecular weight excluding hydrogens is 306 g/mol. The van der Waals surface area contributed by atoms with Crippen molar-refractivity contribution in [3.63, 3.8) is 0 Å². The predicted octanol–water partition coefficient (Wildman–Crippen LogP) is 2.39. The van der Waals surface area contributed by atoms with Gasteiger partial charge in [0.2, 0.25) is 0 Å². The van der Waals surface area contributed by atoms with Gasteiger partial charge in [-0.25, -0.2) is 9.89 Å². The number of H-pyrrole nitrogens is 1. The summed E-state index contributed by atoms with van der Waals surface area (Å²) in [5.74, 6) is -0.495. The fourth-order valence-electron chi connectivity index (χ4n) is 3.53. The lowest BCUT2D eigenvalue weighted by molar-refractivity contribution is 0.0600. The van der Waals surface area contributed by atoms with Crippen molar-refractivity contribution < 1.29 is 9.53 Å². The summed E-state index contributed by atoms with van der Waals surface area (Å²) in [5, 5.41) is 6.38. The van der Waals surface area contributed by atoms with Crippen molar-refractivity contribution >= 4 is 5.97 Å². The summed E-state index contributed by atoms with van der Waals surface area (Å²) >= 11 is 0. The number of pyridine rings is 1. The minimum atomic E-state index is -0.495. The molecule has 0 saturated carbocycles. The molecule has 1 N–H and O–H groups in total. The van der Waals surface area contributed by atoms with Crippen LogP contribution in [0.2, 0.25) is 0 Å². The van der Waals surface area contributed by atoms with E-state index in [1.165, 1.54) is 18.2 Å². The maximum atomic E-state index is 12.1. The van der Waals surface area contributed by atoms with Gasteiger partial charge in [0.25, 0.3) is 5.56 Å². The second-order valence-electron chi connectivity index (χ2n) is 6.03. The van der Waals surface area contributed by atoms with Crippen molar-refractivity contribution in [3.8, 4) is 11.3 Å². The second kappa shape index (κ2) is 5.63. The van der Waals surface area contributed by atoms with Crippen LogP contribution in [0, 0.1) is 0 Å². The molecule has 6 heteroatoms. The third-order valence-corrected chi connectivity index (χ3v) is 4.68. The molecule has 0 aromatic heterocycles. The van der Waals surface area contributed by atoms with Gasteiger partial charge in [-0.1, -0.05) is 24.3 Å². The molecule has 1 aromatic rings. The Labute approximate surface area is 138 Å². The Morgan fingerprint density at radius 2 is 2.17 bits per heavy atom. The Morgan fingerprint density at radius 1 is 1.33 bits per heavy atom. The monoisotopic (exact) mass is 323 g/mol. The number of carbonyl (C=O) groups excluding carboxylic acids is 1. The van der Waals surface area contributed by atoms with Crippen molar-refractivity contribution in [2.24, 2.45) is 0 Å². The van der Waals surface area contributed by atoms with Crippen LogP contribution in [-0.2, 0) is 11.2 Å². The summed E-state index contributed by atoms with van der Waals surface area (Å²) in [5.41, 5.74) is 3.31. The highest BCUT2D eigenvalue weighted by molar-refractivity contribution is 5.95. The van der Waals surface area contributed by atoms with Gasteiger partial charge in [0.1, 0.15) is 11.3 Å². The third kappa shape index (κ3) is 2.22. The lowest BCUT2D eigenvalue weighted by atomic mass is 9.87. The van der Waals surface area contributed by atoms with E-state index in [1.54, 1.807) is 12.4 Å². The first-order chi connectivity index (χ1) is 11.7. The van der Waals surface area contributed by atoms with Gasteiger partial charge in [-0.2, -0.15) is 5.10 Å². The number of nitrogens with zero attached hydrogens (tertiary/aromatic N) is 2. The topological polar surface area (TPSA) is 77.0 Å². The molecule has 6 nitrogen and oxygen atoms in total. The Kier molecular flexibility index (Phi) is 3.45. The van der Waals surface area contributed by atoms with E-state index in [2.05, 4.69) is 22.3 Å². The van der Waals surface area contributed by atoms with Gasteiger partial charge >= 0.3 is 5.97 Å². The number of fused-ring (bicyclic) bond motifs is 2. The van der Waals surface area contributed by atoms with E-state index in [0.29, 0.717) is 16.8 Å². The summed E-state index contributed by atoms with van der Waals surface area (Å²) in [7, 11) is 1.33. The van der Waals surface area contributed by atoms with Crippen LogP contribution in [0.4, 0.5) is 0 Å². The number of aryl methyl sites for hydroxylation is 1. The molecule has 2 heterocycles. The lowest BCUT2D eigenvalue weighted by Gasteiger charge is -2.28. The van der Waals surface area contributed by atoms with Crippen LogP contribution >= 0.6 is 0 Å². The Balaban J connectivity index is 1.92. The molecule has 0 amide bonds. The molecule has 0 saturated heterocycles. The molecule has 0 unspecified atom stereocenters. The van der Waals surface area contributed by atoms with Crippen LogP contribution in [0.15, 0.2) is 41.5 Å². The number of hydrogen-bond donors (Lipinski definition) is 1. The van der Waals surface area contributed by atoms with Crippen LogP contribution in [0.1, 0.15) is 40.4 Å². The number of nitrogens with one attached hydrogen (secondary N) is 1. The van der Waals surface area contributed by atoms with Crippen molar-refractivity contribution in [1.82, 2.24) is 14.8 Å². The van der Waals surface area contributed by atoms with Crippen molar-refractivity contribution in [2.75, 3.05) is 7.11 Å². The van der Waals surface area contributed by atoms with Crippen molar-refractivity contribution in [2.45, 2.75) is 25.3 Å². The van der Waals surface area contributed by atoms with E-state index < -0.39 is 5.97 Å². The summed E-state index contributed by atoms with van der Waals surface area (Å²) in [6.07, 6.45) is 6.59. The molecule has 1 aromatic carbocycles. The Morgan fingerprint density at radius 3 is 3.00 bits per heavy atom. The van der Waals surface area contributed by atoms with Crippen LogP contribution in [0.3, 0.4) is 0 Å². The third-order valence-electron chi connectivity index (χ3n) is 4.68. The summed E-state index contributed by atoms with van der Waals surface area (Å²) in [6, 6.07) is 8.41. The van der Waals surface area contributed by atoms with E-state index >= 15 is 0 Å². The number of rotatable bonds is 2. The molecule has 3 aliphatic rings. The molecule has 24 heavy (non-hydrogen) atoms. The van der Waals surface area contributed by atoms with E-state index in [9.17, 15) is 9.59 Å². The van der Waals surface area contributed by atoms with Gasteiger partial charge in [0.05, 0.1) is 18.7 Å². The molecule has 0 fully saturated rings. The maximum Gasteiger partial charge on any atom is 0.341 e. The molecule has 4 rings (SSSR count). The summed E-state index contributed by atoms with van der Waals surface area (Å²) < 4.78 is 6.81. The molecule has 1 atom stereocenters. The molecule has 0 spiro atoms. The van der Waals surface area contributed by atoms with Crippen molar-refractivity contribution in [3.05, 3.63) is 63.7 Å². The minimum absolute atomic E-state index is 0.0945. The summed E-state index contributed by atoms with van der Waals surface area (Å²) in [6.45, 7) is 0. The lowest BCUT2D eigenvalue weighted by Crippen LogP contribution is -2.20. The van der Waals surface area contributed by atoms with Gasteiger partial charge in [-0.05, 0) is 30.4 Å². The summed E-state index contributed by atoms with van der Waals surface area (Å²) in [4.78, 5) is 24.2. The molecule has 2 aliphatic heterocycles. The van der Waals surface area contributed by atoms with Gasteiger partial charge in [-0.3, -0.25) is 4.79 Å². The van der Waals surface area contributed by atoms with Gasteiger partial charge in [0.15, 0.2) is 0 Å². The molecule has 122 valence electrons. The molecule has 0 bridgehead atoms. The Bertz CT molecular complexity index is 941. The number of esters is 1. The SMILES string of the molecule is COC(=O)c1cn([C@@H]2CCCc3ccccc32)cc2c(=O)[nH]nc1-2. The zero-order chi connectivity index (χ0) is 16.7. The Hall–Kier alpha value is -2.89. The van der Waals surface area contributed by atoms with Crippen molar-refractivity contribution in [1.29, 1.82) is 0 Å². The van der Waals surface area contributed by atoms with Gasteiger partial charge < -0.3 is 9.30 Å². The number of carbonyl (C=O) groups is 1. The maximum absolute atomic E-state index is 12.1. The number of aromatic amines is 1. The highest BCUT2D eigenvalue weighted by atomic mass is 16.5. The highest BCUT2D eigenvalue weighted by Gasteiger charge is 2.26. The van der Waals surface area contributed by atoms with Crippen LogP contribution < -0.4 is 5.56 Å². The van der Waals surface area contributed by atoms with Crippen LogP contribution in [0.25, 0.3) is 11.3 Å². The smallest absolute Gasteiger partial charge is 0.341 e. The first-order valence-electron chi connectivity index (χ1n) is 7.95. The normalized spacial score (nSPS) is 16.8. The average molecular weight is 323 g/mol. The zero-order valence-corrected chi connectivity index (χ0v) is 13.3. The van der Waals surface area contributed by atoms with E-state index in [4.69, 9.17) is 4.74 Å². The fraction of sp³-hybridized carbons (Fsp3) is 0.278. The molecular formula is C18H17N3O3. The standard InChI is InChI=1S/C18H17N3O3/c1-24-18(23)14-10-21(9-13-16(14)19-20-17(13)22)15-8-4-6-11-5-2-3-7-12(11)15/h2-3,5,7,9-10,15H,4,6,8H2,1H3,(H,20,22)/t15-/m1/s1. The predicted molar refractivity (Wildman–Crippen MR) is 88.3 cm³/mol. The first-order valence-corrected chi connectivity index (χ1v) is 7.95. The van der Waals surface area contributed by atoms with Crippen LogP contribution in [0.5, 0.6) is 0 Å².